The van der Waals surface area contributed by atoms with E-state index in [4.69, 9.17) is 0 Å². The Hall–Kier alpha value is -2.14. The molecule has 3 heterocycles. The number of hydrogen-bond donors (Lipinski definition) is 0. The molecule has 1 aromatic heterocycles. The normalized spacial score (nSPS) is 22.1. The summed E-state index contributed by atoms with van der Waals surface area (Å²) in [6.45, 7) is 3.61. The summed E-state index contributed by atoms with van der Waals surface area (Å²) in [5.41, 5.74) is 1.30. The van der Waals surface area contributed by atoms with Crippen LogP contribution in [0.15, 0.2) is 42.7 Å². The SMILES string of the molecule is Cn1ccnc1C1CCN(C(=O)[C@@H]2CCCCN2Cc2ccccc2)CC1. The van der Waals surface area contributed by atoms with Gasteiger partial charge in [-0.2, -0.15) is 0 Å². The number of carbonyl (C=O) groups excluding carboxylic acids is 1. The second-order valence-corrected chi connectivity index (χ2v) is 7.96. The summed E-state index contributed by atoms with van der Waals surface area (Å²) in [6.07, 6.45) is 9.25. The molecule has 0 N–H and O–H groups in total. The van der Waals surface area contributed by atoms with E-state index in [0.29, 0.717) is 11.8 Å². The number of benzene rings is 1. The summed E-state index contributed by atoms with van der Waals surface area (Å²) >= 11 is 0. The molecule has 0 bridgehead atoms. The molecule has 4 rings (SSSR count). The third-order valence-electron chi connectivity index (χ3n) is 6.16. The van der Waals surface area contributed by atoms with E-state index in [1.54, 1.807) is 0 Å². The minimum absolute atomic E-state index is 0.0451. The lowest BCUT2D eigenvalue weighted by Crippen LogP contribution is -2.52. The van der Waals surface area contributed by atoms with Crippen LogP contribution in [0.4, 0.5) is 0 Å². The predicted octanol–water partition coefficient (Wildman–Crippen LogP) is 3.18. The molecule has 2 aromatic rings. The van der Waals surface area contributed by atoms with Crippen molar-refractivity contribution in [1.82, 2.24) is 19.4 Å². The van der Waals surface area contributed by atoms with Crippen molar-refractivity contribution in [3.8, 4) is 0 Å². The monoisotopic (exact) mass is 366 g/mol. The Labute approximate surface area is 162 Å². The molecular weight excluding hydrogens is 336 g/mol. The Kier molecular flexibility index (Phi) is 5.58. The lowest BCUT2D eigenvalue weighted by atomic mass is 9.94. The van der Waals surface area contributed by atoms with Crippen LogP contribution in [0.2, 0.25) is 0 Å². The molecule has 1 atom stereocenters. The van der Waals surface area contributed by atoms with E-state index in [-0.39, 0.29) is 6.04 Å². The number of piperidine rings is 2. The van der Waals surface area contributed by atoms with Gasteiger partial charge < -0.3 is 9.47 Å². The standard InChI is InChI=1S/C22H30N4O/c1-24-16-12-23-21(24)19-10-14-25(15-11-19)22(27)20-9-5-6-13-26(20)17-18-7-3-2-4-8-18/h2-4,7-8,12,16,19-20H,5-6,9-11,13-15,17H2,1H3/t20-/m0/s1. The molecule has 27 heavy (non-hydrogen) atoms. The molecule has 0 aliphatic carbocycles. The van der Waals surface area contributed by atoms with Gasteiger partial charge in [0, 0.05) is 45.0 Å². The van der Waals surface area contributed by atoms with Gasteiger partial charge in [-0.05, 0) is 37.8 Å². The fraction of sp³-hybridized carbons (Fsp3) is 0.545. The van der Waals surface area contributed by atoms with E-state index >= 15 is 0 Å². The summed E-state index contributed by atoms with van der Waals surface area (Å²) in [5, 5.41) is 0. The molecule has 144 valence electrons. The number of amides is 1. The second-order valence-electron chi connectivity index (χ2n) is 7.96. The number of carbonyl (C=O) groups is 1. The minimum atomic E-state index is 0.0451. The molecular formula is C22H30N4O. The second kappa shape index (κ2) is 8.26. The first-order chi connectivity index (χ1) is 13.2. The van der Waals surface area contributed by atoms with Crippen molar-refractivity contribution in [2.45, 2.75) is 50.6 Å². The number of hydrogen-bond acceptors (Lipinski definition) is 3. The quantitative estimate of drug-likeness (QED) is 0.834. The summed E-state index contributed by atoms with van der Waals surface area (Å²) in [7, 11) is 2.06. The van der Waals surface area contributed by atoms with Crippen LogP contribution in [0.1, 0.15) is 49.4 Å². The number of aromatic nitrogens is 2. The summed E-state index contributed by atoms with van der Waals surface area (Å²) in [6, 6.07) is 10.6. The van der Waals surface area contributed by atoms with Crippen molar-refractivity contribution in [2.24, 2.45) is 7.05 Å². The molecule has 2 aliphatic heterocycles. The molecule has 0 radical (unpaired) electrons. The first-order valence-corrected chi connectivity index (χ1v) is 10.3. The minimum Gasteiger partial charge on any atom is -0.341 e. The highest BCUT2D eigenvalue weighted by molar-refractivity contribution is 5.82. The van der Waals surface area contributed by atoms with E-state index in [1.165, 1.54) is 12.0 Å². The van der Waals surface area contributed by atoms with Crippen molar-refractivity contribution in [1.29, 1.82) is 0 Å². The van der Waals surface area contributed by atoms with Crippen LogP contribution in [0, 0.1) is 0 Å². The number of imidazole rings is 1. The summed E-state index contributed by atoms with van der Waals surface area (Å²) in [4.78, 5) is 22.3. The van der Waals surface area contributed by atoms with E-state index in [2.05, 4.69) is 50.7 Å². The van der Waals surface area contributed by atoms with Gasteiger partial charge >= 0.3 is 0 Å². The van der Waals surface area contributed by atoms with Crippen molar-refractivity contribution >= 4 is 5.91 Å². The topological polar surface area (TPSA) is 41.4 Å². The molecule has 2 aliphatic rings. The molecule has 5 nitrogen and oxygen atoms in total. The van der Waals surface area contributed by atoms with Crippen molar-refractivity contribution in [3.63, 3.8) is 0 Å². The smallest absolute Gasteiger partial charge is 0.239 e. The first-order valence-electron chi connectivity index (χ1n) is 10.3. The van der Waals surface area contributed by atoms with Crippen LogP contribution < -0.4 is 0 Å². The van der Waals surface area contributed by atoms with Crippen LogP contribution in [0.3, 0.4) is 0 Å². The van der Waals surface area contributed by atoms with Crippen LogP contribution >= 0.6 is 0 Å². The Morgan fingerprint density at radius 3 is 2.56 bits per heavy atom. The zero-order valence-corrected chi connectivity index (χ0v) is 16.3. The van der Waals surface area contributed by atoms with Gasteiger partial charge in [0.25, 0.3) is 0 Å². The summed E-state index contributed by atoms with van der Waals surface area (Å²) in [5.74, 6) is 1.97. The fourth-order valence-corrected chi connectivity index (χ4v) is 4.62. The molecule has 1 aromatic carbocycles. The van der Waals surface area contributed by atoms with Crippen LogP contribution in [-0.2, 0) is 18.4 Å². The molecule has 2 fully saturated rings. The Balaban J connectivity index is 1.38. The van der Waals surface area contributed by atoms with Gasteiger partial charge in [0.1, 0.15) is 5.82 Å². The van der Waals surface area contributed by atoms with Crippen LogP contribution in [0.25, 0.3) is 0 Å². The van der Waals surface area contributed by atoms with Gasteiger partial charge in [-0.15, -0.1) is 0 Å². The molecule has 0 saturated carbocycles. The van der Waals surface area contributed by atoms with E-state index in [1.807, 2.05) is 18.5 Å². The molecule has 2 saturated heterocycles. The lowest BCUT2D eigenvalue weighted by Gasteiger charge is -2.40. The van der Waals surface area contributed by atoms with Crippen LogP contribution in [-0.4, -0.2) is 50.9 Å². The highest BCUT2D eigenvalue weighted by Gasteiger charge is 2.34. The zero-order chi connectivity index (χ0) is 18.6. The number of aryl methyl sites for hydroxylation is 1. The van der Waals surface area contributed by atoms with Gasteiger partial charge in [0.05, 0.1) is 6.04 Å². The van der Waals surface area contributed by atoms with Gasteiger partial charge in [0.2, 0.25) is 5.91 Å². The fourth-order valence-electron chi connectivity index (χ4n) is 4.62. The third-order valence-corrected chi connectivity index (χ3v) is 6.16. The Morgan fingerprint density at radius 1 is 1.07 bits per heavy atom. The van der Waals surface area contributed by atoms with Crippen molar-refractivity contribution < 1.29 is 4.79 Å². The highest BCUT2D eigenvalue weighted by atomic mass is 16.2. The Morgan fingerprint density at radius 2 is 1.85 bits per heavy atom. The third kappa shape index (κ3) is 4.08. The van der Waals surface area contributed by atoms with Gasteiger partial charge in [-0.3, -0.25) is 9.69 Å². The first kappa shape index (κ1) is 18.2. The maximum absolute atomic E-state index is 13.3. The molecule has 1 amide bonds. The average molecular weight is 367 g/mol. The predicted molar refractivity (Wildman–Crippen MR) is 106 cm³/mol. The van der Waals surface area contributed by atoms with Crippen molar-refractivity contribution in [3.05, 3.63) is 54.1 Å². The lowest BCUT2D eigenvalue weighted by molar-refractivity contribution is -0.139. The van der Waals surface area contributed by atoms with Gasteiger partial charge in [-0.25, -0.2) is 4.98 Å². The number of likely N-dealkylation sites (tertiary alicyclic amines) is 2. The summed E-state index contributed by atoms with van der Waals surface area (Å²) < 4.78 is 2.12. The van der Waals surface area contributed by atoms with Crippen molar-refractivity contribution in [2.75, 3.05) is 19.6 Å². The average Bonchev–Trinajstić information content (AvgIpc) is 3.15. The maximum atomic E-state index is 13.3. The van der Waals surface area contributed by atoms with E-state index in [0.717, 1.165) is 57.7 Å². The van der Waals surface area contributed by atoms with E-state index in [9.17, 15) is 4.79 Å². The maximum Gasteiger partial charge on any atom is 0.239 e. The molecule has 5 heteroatoms. The Bertz CT molecular complexity index is 749. The van der Waals surface area contributed by atoms with Gasteiger partial charge in [0.15, 0.2) is 0 Å². The van der Waals surface area contributed by atoms with E-state index < -0.39 is 0 Å². The largest absolute Gasteiger partial charge is 0.341 e. The molecule has 0 spiro atoms. The van der Waals surface area contributed by atoms with Gasteiger partial charge in [-0.1, -0.05) is 36.8 Å². The highest BCUT2D eigenvalue weighted by Crippen LogP contribution is 2.28. The zero-order valence-electron chi connectivity index (χ0n) is 16.3. The number of nitrogens with zero attached hydrogens (tertiary/aromatic N) is 4. The molecule has 0 unspecified atom stereocenters. The van der Waals surface area contributed by atoms with Crippen LogP contribution in [0.5, 0.6) is 0 Å². The number of rotatable bonds is 4.